The molecule has 12 heavy (non-hydrogen) atoms. The second-order valence-electron chi connectivity index (χ2n) is 2.37. The molecule has 2 nitrogen and oxygen atoms in total. The lowest BCUT2D eigenvalue weighted by Gasteiger charge is -2.08. The molecule has 0 saturated carbocycles. The maximum atomic E-state index is 9.37. The van der Waals surface area contributed by atoms with E-state index in [4.69, 9.17) is 27.9 Å². The van der Waals surface area contributed by atoms with Crippen LogP contribution >= 0.6 is 23.2 Å². The van der Waals surface area contributed by atoms with Crippen molar-refractivity contribution < 1.29 is 9.84 Å². The number of hydrogen-bond donors (Lipinski definition) is 1. The molecule has 1 aromatic carbocycles. The zero-order chi connectivity index (χ0) is 9.30. The first-order chi connectivity index (χ1) is 5.57. The maximum Gasteiger partial charge on any atom is 0.159 e. The standard InChI is InChI=1S/C8H8Cl2O2/c1-4-3-5(9)8(12-2)6(10)7(4)11/h3,11H,1-2H3. The first-order valence-electron chi connectivity index (χ1n) is 3.29. The van der Waals surface area contributed by atoms with Gasteiger partial charge in [0, 0.05) is 0 Å². The Hall–Kier alpha value is -0.600. The Bertz CT molecular complexity index is 310. The Balaban J connectivity index is 3.40. The third-order valence-electron chi connectivity index (χ3n) is 1.55. The number of rotatable bonds is 1. The number of phenols is 1. The fourth-order valence-corrected chi connectivity index (χ4v) is 1.61. The summed E-state index contributed by atoms with van der Waals surface area (Å²) in [4.78, 5) is 0. The second-order valence-corrected chi connectivity index (χ2v) is 3.16. The molecule has 1 rings (SSSR count). The van der Waals surface area contributed by atoms with Gasteiger partial charge < -0.3 is 9.84 Å². The maximum absolute atomic E-state index is 9.37. The average Bonchev–Trinajstić information content (AvgIpc) is 2.01. The fraction of sp³-hybridized carbons (Fsp3) is 0.250. The van der Waals surface area contributed by atoms with E-state index < -0.39 is 0 Å². The molecule has 0 radical (unpaired) electrons. The number of hydrogen-bond acceptors (Lipinski definition) is 2. The molecule has 0 aliphatic carbocycles. The molecule has 0 aliphatic rings. The van der Waals surface area contributed by atoms with E-state index in [1.807, 2.05) is 0 Å². The van der Waals surface area contributed by atoms with Gasteiger partial charge in [-0.05, 0) is 18.6 Å². The first-order valence-corrected chi connectivity index (χ1v) is 4.05. The zero-order valence-corrected chi connectivity index (χ0v) is 8.20. The van der Waals surface area contributed by atoms with Crippen LogP contribution in [-0.4, -0.2) is 12.2 Å². The fourth-order valence-electron chi connectivity index (χ4n) is 0.897. The Labute approximate surface area is 80.7 Å². The lowest BCUT2D eigenvalue weighted by atomic mass is 10.2. The third-order valence-corrected chi connectivity index (χ3v) is 2.18. The van der Waals surface area contributed by atoms with Crippen LogP contribution in [0.1, 0.15) is 5.56 Å². The van der Waals surface area contributed by atoms with E-state index in [0.29, 0.717) is 16.3 Å². The Morgan fingerprint density at radius 1 is 1.42 bits per heavy atom. The van der Waals surface area contributed by atoms with E-state index in [1.54, 1.807) is 13.0 Å². The van der Waals surface area contributed by atoms with E-state index in [-0.39, 0.29) is 10.8 Å². The normalized spacial score (nSPS) is 10.0. The zero-order valence-electron chi connectivity index (χ0n) is 6.69. The highest BCUT2D eigenvalue weighted by Crippen LogP contribution is 2.41. The van der Waals surface area contributed by atoms with Gasteiger partial charge in [0.15, 0.2) is 5.75 Å². The van der Waals surface area contributed by atoms with Crippen LogP contribution in [0.4, 0.5) is 0 Å². The van der Waals surface area contributed by atoms with Gasteiger partial charge in [0.1, 0.15) is 10.8 Å². The van der Waals surface area contributed by atoms with Crippen LogP contribution in [0.2, 0.25) is 10.0 Å². The van der Waals surface area contributed by atoms with Crippen molar-refractivity contribution >= 4 is 23.2 Å². The molecule has 0 atom stereocenters. The molecule has 1 N–H and O–H groups in total. The minimum Gasteiger partial charge on any atom is -0.506 e. The molecule has 4 heteroatoms. The predicted octanol–water partition coefficient (Wildman–Crippen LogP) is 3.02. The third kappa shape index (κ3) is 1.45. The highest BCUT2D eigenvalue weighted by Gasteiger charge is 2.12. The number of aryl methyl sites for hydroxylation is 1. The van der Waals surface area contributed by atoms with Gasteiger partial charge in [0.05, 0.1) is 12.1 Å². The van der Waals surface area contributed by atoms with Crippen LogP contribution in [0.15, 0.2) is 6.07 Å². The summed E-state index contributed by atoms with van der Waals surface area (Å²) >= 11 is 11.5. The van der Waals surface area contributed by atoms with Crippen molar-refractivity contribution in [2.75, 3.05) is 7.11 Å². The molecule has 0 unspecified atom stereocenters. The van der Waals surface area contributed by atoms with Crippen LogP contribution in [0.5, 0.6) is 11.5 Å². The quantitative estimate of drug-likeness (QED) is 0.766. The molecule has 0 bridgehead atoms. The number of ether oxygens (including phenoxy) is 1. The highest BCUT2D eigenvalue weighted by molar-refractivity contribution is 6.38. The van der Waals surface area contributed by atoms with Crippen molar-refractivity contribution in [1.29, 1.82) is 0 Å². The molecule has 0 heterocycles. The predicted molar refractivity (Wildman–Crippen MR) is 49.4 cm³/mol. The van der Waals surface area contributed by atoms with Crippen LogP contribution in [0.3, 0.4) is 0 Å². The van der Waals surface area contributed by atoms with Crippen molar-refractivity contribution in [3.8, 4) is 11.5 Å². The molecule has 0 fully saturated rings. The van der Waals surface area contributed by atoms with Gasteiger partial charge in [-0.2, -0.15) is 0 Å². The molecular formula is C8H8Cl2O2. The molecule has 0 spiro atoms. The van der Waals surface area contributed by atoms with Crippen LogP contribution in [0, 0.1) is 6.92 Å². The summed E-state index contributed by atoms with van der Waals surface area (Å²) in [6.07, 6.45) is 0. The molecule has 0 saturated heterocycles. The highest BCUT2D eigenvalue weighted by atomic mass is 35.5. The van der Waals surface area contributed by atoms with Crippen molar-refractivity contribution in [2.45, 2.75) is 6.92 Å². The number of benzene rings is 1. The van der Waals surface area contributed by atoms with E-state index in [9.17, 15) is 5.11 Å². The van der Waals surface area contributed by atoms with Gasteiger partial charge in [-0.3, -0.25) is 0 Å². The summed E-state index contributed by atoms with van der Waals surface area (Å²) in [6, 6.07) is 1.60. The molecular weight excluding hydrogens is 199 g/mol. The number of phenolic OH excluding ortho intramolecular Hbond substituents is 1. The summed E-state index contributed by atoms with van der Waals surface area (Å²) < 4.78 is 4.89. The smallest absolute Gasteiger partial charge is 0.159 e. The van der Waals surface area contributed by atoms with Crippen LogP contribution in [0.25, 0.3) is 0 Å². The second kappa shape index (κ2) is 3.42. The van der Waals surface area contributed by atoms with Crippen molar-refractivity contribution in [3.05, 3.63) is 21.7 Å². The SMILES string of the molecule is COc1c(Cl)cc(C)c(O)c1Cl. The lowest BCUT2D eigenvalue weighted by Crippen LogP contribution is -1.87. The lowest BCUT2D eigenvalue weighted by molar-refractivity contribution is 0.407. The molecule has 0 amide bonds. The van der Waals surface area contributed by atoms with E-state index in [0.717, 1.165) is 0 Å². The van der Waals surface area contributed by atoms with Crippen LogP contribution < -0.4 is 4.74 Å². The summed E-state index contributed by atoms with van der Waals surface area (Å²) in [6.45, 7) is 1.71. The summed E-state index contributed by atoms with van der Waals surface area (Å²) in [7, 11) is 1.45. The Morgan fingerprint density at radius 2 is 2.00 bits per heavy atom. The van der Waals surface area contributed by atoms with Crippen LogP contribution in [-0.2, 0) is 0 Å². The Kier molecular flexibility index (Phi) is 2.70. The topological polar surface area (TPSA) is 29.5 Å². The summed E-state index contributed by atoms with van der Waals surface area (Å²) in [5.74, 6) is 0.319. The minimum atomic E-state index is 0.0120. The van der Waals surface area contributed by atoms with Crippen molar-refractivity contribution in [2.24, 2.45) is 0 Å². The van der Waals surface area contributed by atoms with Gasteiger partial charge in [-0.25, -0.2) is 0 Å². The van der Waals surface area contributed by atoms with Gasteiger partial charge in [-0.15, -0.1) is 0 Å². The average molecular weight is 207 g/mol. The largest absolute Gasteiger partial charge is 0.506 e. The molecule has 0 aromatic heterocycles. The van der Waals surface area contributed by atoms with E-state index in [2.05, 4.69) is 0 Å². The van der Waals surface area contributed by atoms with E-state index in [1.165, 1.54) is 7.11 Å². The van der Waals surface area contributed by atoms with Gasteiger partial charge >= 0.3 is 0 Å². The van der Waals surface area contributed by atoms with Gasteiger partial charge in [0.2, 0.25) is 0 Å². The minimum absolute atomic E-state index is 0.0120. The van der Waals surface area contributed by atoms with Gasteiger partial charge in [-0.1, -0.05) is 23.2 Å². The van der Waals surface area contributed by atoms with Gasteiger partial charge in [0.25, 0.3) is 0 Å². The van der Waals surface area contributed by atoms with Crippen molar-refractivity contribution in [3.63, 3.8) is 0 Å². The summed E-state index contributed by atoms with van der Waals surface area (Å²) in [5, 5.41) is 9.93. The first kappa shape index (κ1) is 9.49. The monoisotopic (exact) mass is 206 g/mol. The molecule has 0 aliphatic heterocycles. The van der Waals surface area contributed by atoms with E-state index >= 15 is 0 Å². The Morgan fingerprint density at radius 3 is 2.50 bits per heavy atom. The summed E-state index contributed by atoms with van der Waals surface area (Å²) in [5.41, 5.74) is 0.630. The number of aromatic hydroxyl groups is 1. The molecule has 66 valence electrons. The van der Waals surface area contributed by atoms with Crippen molar-refractivity contribution in [1.82, 2.24) is 0 Å². The number of halogens is 2. The number of methoxy groups -OCH3 is 1. The molecule has 1 aromatic rings.